The highest BCUT2D eigenvalue weighted by Gasteiger charge is 2.34. The maximum absolute atomic E-state index is 13.8. The van der Waals surface area contributed by atoms with E-state index in [1.54, 1.807) is 13.8 Å². The third-order valence-corrected chi connectivity index (χ3v) is 6.71. The number of ether oxygens (including phenoxy) is 1. The summed E-state index contributed by atoms with van der Waals surface area (Å²) in [6.07, 6.45) is -0.606. The van der Waals surface area contributed by atoms with Gasteiger partial charge >= 0.3 is 0 Å². The quantitative estimate of drug-likeness (QED) is 0.780. The van der Waals surface area contributed by atoms with Gasteiger partial charge in [0.05, 0.1) is 17.2 Å². The number of amides is 1. The van der Waals surface area contributed by atoms with Gasteiger partial charge in [-0.05, 0) is 44.2 Å². The Morgan fingerprint density at radius 2 is 1.72 bits per heavy atom. The molecule has 10 heteroatoms. The monoisotopic (exact) mass is 444 g/mol. The zero-order valence-corrected chi connectivity index (χ0v) is 17.2. The summed E-state index contributed by atoms with van der Waals surface area (Å²) in [5.74, 6) is -2.77. The molecular formula is C19H19ClF2N2O4S. The van der Waals surface area contributed by atoms with Gasteiger partial charge in [-0.15, -0.1) is 0 Å². The number of anilines is 1. The SMILES string of the molecule is CC1CN(S(=O)(=O)c2cc(C(=O)Nc3c(F)cccc3F)ccc2Cl)CC(C)O1. The first-order valence-corrected chi connectivity index (χ1v) is 10.6. The molecule has 1 heterocycles. The summed E-state index contributed by atoms with van der Waals surface area (Å²) < 4.78 is 60.5. The average Bonchev–Trinajstić information content (AvgIpc) is 2.64. The number of rotatable bonds is 4. The lowest BCUT2D eigenvalue weighted by Gasteiger charge is -2.34. The van der Waals surface area contributed by atoms with Gasteiger partial charge in [-0.1, -0.05) is 17.7 Å². The van der Waals surface area contributed by atoms with Crippen LogP contribution in [0.2, 0.25) is 5.02 Å². The Balaban J connectivity index is 1.92. The van der Waals surface area contributed by atoms with Crippen LogP contribution in [0.3, 0.4) is 0 Å². The second-order valence-corrected chi connectivity index (χ2v) is 9.09. The first-order chi connectivity index (χ1) is 13.6. The molecule has 1 fully saturated rings. The van der Waals surface area contributed by atoms with Crippen molar-refractivity contribution >= 4 is 33.2 Å². The van der Waals surface area contributed by atoms with Crippen molar-refractivity contribution in [3.63, 3.8) is 0 Å². The average molecular weight is 445 g/mol. The van der Waals surface area contributed by atoms with Crippen LogP contribution >= 0.6 is 11.6 Å². The lowest BCUT2D eigenvalue weighted by atomic mass is 10.2. The van der Waals surface area contributed by atoms with Gasteiger partial charge in [-0.2, -0.15) is 4.31 Å². The van der Waals surface area contributed by atoms with E-state index in [9.17, 15) is 22.0 Å². The molecule has 2 unspecified atom stereocenters. The van der Waals surface area contributed by atoms with Gasteiger partial charge in [0.1, 0.15) is 22.2 Å². The molecule has 156 valence electrons. The number of para-hydroxylation sites is 1. The second kappa shape index (κ2) is 8.35. The molecule has 1 saturated heterocycles. The number of nitrogens with zero attached hydrogens (tertiary/aromatic N) is 1. The Bertz CT molecular complexity index is 1020. The number of sulfonamides is 1. The van der Waals surface area contributed by atoms with Crippen LogP contribution in [0, 0.1) is 11.6 Å². The smallest absolute Gasteiger partial charge is 0.255 e. The van der Waals surface area contributed by atoms with Crippen LogP contribution in [-0.4, -0.2) is 43.9 Å². The van der Waals surface area contributed by atoms with Crippen LogP contribution in [0.5, 0.6) is 0 Å². The molecule has 2 aromatic carbocycles. The number of carbonyl (C=O) groups is 1. The normalized spacial score (nSPS) is 20.4. The van der Waals surface area contributed by atoms with Crippen LogP contribution in [-0.2, 0) is 14.8 Å². The molecule has 0 radical (unpaired) electrons. The third-order valence-electron chi connectivity index (χ3n) is 4.40. The summed E-state index contributed by atoms with van der Waals surface area (Å²) >= 11 is 6.10. The minimum absolute atomic E-state index is 0.0644. The van der Waals surface area contributed by atoms with Crippen LogP contribution in [0.25, 0.3) is 0 Å². The fourth-order valence-electron chi connectivity index (χ4n) is 3.11. The number of hydrogen-bond donors (Lipinski definition) is 1. The van der Waals surface area contributed by atoms with Crippen molar-refractivity contribution in [3.05, 3.63) is 58.6 Å². The zero-order chi connectivity index (χ0) is 21.3. The van der Waals surface area contributed by atoms with Crippen molar-refractivity contribution in [3.8, 4) is 0 Å². The highest BCUT2D eigenvalue weighted by molar-refractivity contribution is 7.89. The van der Waals surface area contributed by atoms with Crippen LogP contribution in [0.1, 0.15) is 24.2 Å². The van der Waals surface area contributed by atoms with Crippen LogP contribution in [0.4, 0.5) is 14.5 Å². The third kappa shape index (κ3) is 4.58. The largest absolute Gasteiger partial charge is 0.373 e. The van der Waals surface area contributed by atoms with E-state index in [0.717, 1.165) is 24.3 Å². The number of hydrogen-bond acceptors (Lipinski definition) is 4. The van der Waals surface area contributed by atoms with Crippen molar-refractivity contribution in [2.45, 2.75) is 31.0 Å². The molecule has 0 aliphatic carbocycles. The van der Waals surface area contributed by atoms with E-state index in [2.05, 4.69) is 5.32 Å². The predicted molar refractivity (Wildman–Crippen MR) is 105 cm³/mol. The Morgan fingerprint density at radius 1 is 1.14 bits per heavy atom. The van der Waals surface area contributed by atoms with Gasteiger partial charge in [0.25, 0.3) is 5.91 Å². The minimum Gasteiger partial charge on any atom is -0.373 e. The number of morpholine rings is 1. The van der Waals surface area contributed by atoms with E-state index in [1.807, 2.05) is 0 Å². The maximum Gasteiger partial charge on any atom is 0.255 e. The Hall–Kier alpha value is -2.07. The molecule has 29 heavy (non-hydrogen) atoms. The predicted octanol–water partition coefficient (Wildman–Crippen LogP) is 3.67. The standard InChI is InChI=1S/C19H19ClF2N2O4S/c1-11-9-24(10-12(2)28-11)29(26,27)17-8-13(6-7-14(17)20)19(25)23-18-15(21)4-3-5-16(18)22/h3-8,11-12H,9-10H2,1-2H3,(H,23,25). The van der Waals surface area contributed by atoms with E-state index in [-0.39, 0.29) is 40.8 Å². The first kappa shape index (κ1) is 21.6. The van der Waals surface area contributed by atoms with Gasteiger partial charge in [0.15, 0.2) is 0 Å². The topological polar surface area (TPSA) is 75.7 Å². The van der Waals surface area contributed by atoms with E-state index in [4.69, 9.17) is 16.3 Å². The molecule has 0 bridgehead atoms. The summed E-state index contributed by atoms with van der Waals surface area (Å²) in [5, 5.41) is 2.06. The molecule has 1 aliphatic heterocycles. The van der Waals surface area contributed by atoms with E-state index < -0.39 is 33.3 Å². The molecule has 0 aromatic heterocycles. The zero-order valence-electron chi connectivity index (χ0n) is 15.7. The van der Waals surface area contributed by atoms with Crippen molar-refractivity contribution < 1.29 is 26.7 Å². The first-order valence-electron chi connectivity index (χ1n) is 8.80. The maximum atomic E-state index is 13.8. The van der Waals surface area contributed by atoms with Crippen LogP contribution in [0.15, 0.2) is 41.3 Å². The number of benzene rings is 2. The molecule has 0 spiro atoms. The summed E-state index contributed by atoms with van der Waals surface area (Å²) in [4.78, 5) is 12.2. The van der Waals surface area contributed by atoms with Crippen LogP contribution < -0.4 is 5.32 Å². The van der Waals surface area contributed by atoms with Gasteiger partial charge in [0.2, 0.25) is 10.0 Å². The molecule has 2 atom stereocenters. The molecule has 1 N–H and O–H groups in total. The molecule has 1 aliphatic rings. The van der Waals surface area contributed by atoms with Gasteiger partial charge in [-0.25, -0.2) is 17.2 Å². The van der Waals surface area contributed by atoms with Gasteiger partial charge in [-0.3, -0.25) is 4.79 Å². The fourth-order valence-corrected chi connectivity index (χ4v) is 5.20. The molecule has 0 saturated carbocycles. The second-order valence-electron chi connectivity index (χ2n) is 6.78. The van der Waals surface area contributed by atoms with Gasteiger partial charge < -0.3 is 10.1 Å². The molecular weight excluding hydrogens is 426 g/mol. The minimum atomic E-state index is -4.01. The number of halogens is 3. The lowest BCUT2D eigenvalue weighted by Crippen LogP contribution is -2.48. The molecule has 3 rings (SSSR count). The van der Waals surface area contributed by atoms with Crippen molar-refractivity contribution in [1.29, 1.82) is 0 Å². The fraction of sp³-hybridized carbons (Fsp3) is 0.316. The Labute approximate surface area is 172 Å². The molecule has 6 nitrogen and oxygen atoms in total. The summed E-state index contributed by atoms with van der Waals surface area (Å²) in [5.41, 5.74) is -0.724. The summed E-state index contributed by atoms with van der Waals surface area (Å²) in [6, 6.07) is 6.79. The van der Waals surface area contributed by atoms with Crippen molar-refractivity contribution in [2.75, 3.05) is 18.4 Å². The molecule has 1 amide bonds. The van der Waals surface area contributed by atoms with Crippen molar-refractivity contribution in [2.24, 2.45) is 0 Å². The van der Waals surface area contributed by atoms with Gasteiger partial charge in [0, 0.05) is 18.7 Å². The highest BCUT2D eigenvalue weighted by Crippen LogP contribution is 2.29. The Kier molecular flexibility index (Phi) is 6.23. The Morgan fingerprint density at radius 3 is 2.31 bits per heavy atom. The van der Waals surface area contributed by atoms with E-state index in [0.29, 0.717) is 0 Å². The lowest BCUT2D eigenvalue weighted by molar-refractivity contribution is -0.0440. The molecule has 2 aromatic rings. The summed E-state index contributed by atoms with van der Waals surface area (Å²) in [7, 11) is -4.01. The van der Waals surface area contributed by atoms with Crippen molar-refractivity contribution in [1.82, 2.24) is 4.31 Å². The number of nitrogens with one attached hydrogen (secondary N) is 1. The van der Waals surface area contributed by atoms with E-state index in [1.165, 1.54) is 16.4 Å². The number of carbonyl (C=O) groups excluding carboxylic acids is 1. The van der Waals surface area contributed by atoms with E-state index >= 15 is 0 Å². The highest BCUT2D eigenvalue weighted by atomic mass is 35.5. The summed E-state index contributed by atoms with van der Waals surface area (Å²) in [6.45, 7) is 3.79.